The first-order chi connectivity index (χ1) is 7.92. The molecular weight excluding hydrogens is 260 g/mol. The molecule has 94 valence electrons. The fraction of sp³-hybridized carbons (Fsp3) is 0.417. The second kappa shape index (κ2) is 6.17. The number of carboxylic acids is 1. The number of benzene rings is 1. The molecule has 0 saturated carbocycles. The lowest BCUT2D eigenvalue weighted by Gasteiger charge is -2.18. The summed E-state index contributed by atoms with van der Waals surface area (Å²) in [6, 6.07) is 7.08. The molecule has 1 rings (SSSR count). The van der Waals surface area contributed by atoms with Crippen LogP contribution in [-0.2, 0) is 4.79 Å². The van der Waals surface area contributed by atoms with Crippen molar-refractivity contribution in [3.05, 3.63) is 29.3 Å². The zero-order chi connectivity index (χ0) is 12.9. The summed E-state index contributed by atoms with van der Waals surface area (Å²) in [5.74, 6) is 0.555. The van der Waals surface area contributed by atoms with E-state index in [1.807, 2.05) is 0 Å². The van der Waals surface area contributed by atoms with Gasteiger partial charge in [0.25, 0.3) is 0 Å². The lowest BCUT2D eigenvalue weighted by molar-refractivity contribution is -0.138. The minimum absolute atomic E-state index is 0.475. The van der Waals surface area contributed by atoms with E-state index in [0.29, 0.717) is 17.4 Å². The number of aliphatic carboxylic acids is 1. The number of carbonyl (C=O) groups is 1. The Labute approximate surface area is 110 Å². The molecular formula is C12H15ClO3S. The maximum atomic E-state index is 10.8. The Kier molecular flexibility index (Phi) is 5.15. The zero-order valence-electron chi connectivity index (χ0n) is 9.77. The molecule has 3 nitrogen and oxygen atoms in total. The molecule has 0 aromatic heterocycles. The monoisotopic (exact) mass is 274 g/mol. The van der Waals surface area contributed by atoms with Crippen LogP contribution in [0.5, 0.6) is 5.75 Å². The summed E-state index contributed by atoms with van der Waals surface area (Å²) in [5.41, 5.74) is 0. The number of halogens is 1. The van der Waals surface area contributed by atoms with Gasteiger partial charge in [-0.05, 0) is 38.1 Å². The fourth-order valence-corrected chi connectivity index (χ4v) is 1.98. The van der Waals surface area contributed by atoms with Crippen LogP contribution < -0.4 is 4.74 Å². The maximum absolute atomic E-state index is 10.8. The molecule has 0 fully saturated rings. The highest BCUT2D eigenvalue weighted by molar-refractivity contribution is 8.01. The van der Waals surface area contributed by atoms with Crippen molar-refractivity contribution in [2.45, 2.75) is 18.6 Å². The van der Waals surface area contributed by atoms with Crippen LogP contribution in [0, 0.1) is 0 Å². The van der Waals surface area contributed by atoms with Crippen molar-refractivity contribution in [3.8, 4) is 5.75 Å². The largest absolute Gasteiger partial charge is 0.493 e. The number of hydrogen-bond donors (Lipinski definition) is 1. The lowest BCUT2D eigenvalue weighted by Crippen LogP contribution is -2.28. The molecule has 1 N–H and O–H groups in total. The van der Waals surface area contributed by atoms with Crippen molar-refractivity contribution >= 4 is 29.3 Å². The number of rotatable bonds is 6. The molecule has 0 unspecified atom stereocenters. The second-order valence-electron chi connectivity index (χ2n) is 3.97. The first-order valence-corrected chi connectivity index (χ1v) is 6.54. The van der Waals surface area contributed by atoms with Gasteiger partial charge in [0.1, 0.15) is 10.5 Å². The van der Waals surface area contributed by atoms with E-state index >= 15 is 0 Å². The lowest BCUT2D eigenvalue weighted by atomic mass is 10.2. The van der Waals surface area contributed by atoms with E-state index in [0.717, 1.165) is 5.75 Å². The van der Waals surface area contributed by atoms with Crippen LogP contribution in [0.4, 0.5) is 0 Å². The van der Waals surface area contributed by atoms with Crippen LogP contribution in [0.2, 0.25) is 5.02 Å². The first-order valence-electron chi connectivity index (χ1n) is 5.17. The number of thioether (sulfide) groups is 1. The van der Waals surface area contributed by atoms with Gasteiger partial charge in [0.05, 0.1) is 6.61 Å². The number of hydrogen-bond acceptors (Lipinski definition) is 3. The zero-order valence-corrected chi connectivity index (χ0v) is 11.3. The van der Waals surface area contributed by atoms with Gasteiger partial charge < -0.3 is 9.84 Å². The maximum Gasteiger partial charge on any atom is 0.319 e. The summed E-state index contributed by atoms with van der Waals surface area (Å²) in [4.78, 5) is 10.8. The van der Waals surface area contributed by atoms with Crippen LogP contribution in [0.15, 0.2) is 24.3 Å². The summed E-state index contributed by atoms with van der Waals surface area (Å²) < 4.78 is 4.69. The molecule has 0 aliphatic carbocycles. The summed E-state index contributed by atoms with van der Waals surface area (Å²) in [7, 11) is 0. The highest BCUT2D eigenvalue weighted by atomic mass is 35.5. The highest BCUT2D eigenvalue weighted by Crippen LogP contribution is 2.24. The van der Waals surface area contributed by atoms with Gasteiger partial charge >= 0.3 is 5.97 Å². The van der Waals surface area contributed by atoms with Gasteiger partial charge in [-0.1, -0.05) is 11.6 Å². The first kappa shape index (κ1) is 14.2. The SMILES string of the molecule is CC(C)(SCCOc1ccc(Cl)cc1)C(=O)O. The Hall–Kier alpha value is -0.870. The van der Waals surface area contributed by atoms with Crippen molar-refractivity contribution in [2.24, 2.45) is 0 Å². The average molecular weight is 275 g/mol. The molecule has 0 aliphatic heterocycles. The molecule has 5 heteroatoms. The van der Waals surface area contributed by atoms with Gasteiger partial charge in [-0.3, -0.25) is 4.79 Å². The molecule has 0 amide bonds. The third-order valence-corrected chi connectivity index (χ3v) is 3.66. The molecule has 0 bridgehead atoms. The third-order valence-electron chi connectivity index (χ3n) is 2.14. The molecule has 0 aliphatic rings. The Morgan fingerprint density at radius 2 is 2.00 bits per heavy atom. The number of carboxylic acid groups (broad SMARTS) is 1. The Morgan fingerprint density at radius 3 is 2.53 bits per heavy atom. The Bertz CT molecular complexity index is 376. The average Bonchev–Trinajstić information content (AvgIpc) is 2.26. The van der Waals surface area contributed by atoms with Gasteiger partial charge in [0.15, 0.2) is 0 Å². The van der Waals surface area contributed by atoms with Gasteiger partial charge in [-0.15, -0.1) is 11.8 Å². The molecule has 0 saturated heterocycles. The molecule has 1 aromatic carbocycles. The summed E-state index contributed by atoms with van der Waals surface area (Å²) in [6.07, 6.45) is 0. The van der Waals surface area contributed by atoms with Gasteiger partial charge in [0.2, 0.25) is 0 Å². The minimum atomic E-state index is -0.811. The molecule has 1 aromatic rings. The van der Waals surface area contributed by atoms with E-state index < -0.39 is 10.7 Å². The van der Waals surface area contributed by atoms with E-state index in [2.05, 4.69) is 0 Å². The molecule has 0 atom stereocenters. The summed E-state index contributed by atoms with van der Waals surface area (Å²) in [6.45, 7) is 3.84. The van der Waals surface area contributed by atoms with E-state index in [4.69, 9.17) is 21.4 Å². The van der Waals surface area contributed by atoms with Crippen LogP contribution in [0.1, 0.15) is 13.8 Å². The van der Waals surface area contributed by atoms with Crippen molar-refractivity contribution < 1.29 is 14.6 Å². The highest BCUT2D eigenvalue weighted by Gasteiger charge is 2.27. The van der Waals surface area contributed by atoms with Crippen LogP contribution in [0.3, 0.4) is 0 Å². The van der Waals surface area contributed by atoms with Crippen molar-refractivity contribution in [2.75, 3.05) is 12.4 Å². The Balaban J connectivity index is 2.29. The number of ether oxygens (including phenoxy) is 1. The third kappa shape index (κ3) is 4.88. The predicted molar refractivity (Wildman–Crippen MR) is 71.1 cm³/mol. The predicted octanol–water partition coefficient (Wildman–Crippen LogP) is 3.32. The van der Waals surface area contributed by atoms with E-state index in [-0.39, 0.29) is 0 Å². The molecule has 0 heterocycles. The van der Waals surface area contributed by atoms with E-state index in [1.165, 1.54) is 11.8 Å². The van der Waals surface area contributed by atoms with Crippen molar-refractivity contribution in [3.63, 3.8) is 0 Å². The van der Waals surface area contributed by atoms with Crippen molar-refractivity contribution in [1.29, 1.82) is 0 Å². The second-order valence-corrected chi connectivity index (χ2v) is 6.12. The van der Waals surface area contributed by atoms with E-state index in [9.17, 15) is 4.79 Å². The van der Waals surface area contributed by atoms with Crippen LogP contribution >= 0.6 is 23.4 Å². The molecule has 17 heavy (non-hydrogen) atoms. The normalized spacial score (nSPS) is 11.2. The smallest absolute Gasteiger partial charge is 0.319 e. The van der Waals surface area contributed by atoms with Crippen LogP contribution in [0.25, 0.3) is 0 Å². The van der Waals surface area contributed by atoms with Gasteiger partial charge in [0, 0.05) is 10.8 Å². The summed E-state index contributed by atoms with van der Waals surface area (Å²) >= 11 is 7.10. The van der Waals surface area contributed by atoms with Gasteiger partial charge in [-0.25, -0.2) is 0 Å². The molecule has 0 radical (unpaired) electrons. The molecule has 0 spiro atoms. The van der Waals surface area contributed by atoms with Gasteiger partial charge in [-0.2, -0.15) is 0 Å². The minimum Gasteiger partial charge on any atom is -0.493 e. The van der Waals surface area contributed by atoms with Crippen molar-refractivity contribution in [1.82, 2.24) is 0 Å². The topological polar surface area (TPSA) is 46.5 Å². The standard InChI is InChI=1S/C12H15ClO3S/c1-12(2,11(14)15)17-8-7-16-10-5-3-9(13)4-6-10/h3-6H,7-8H2,1-2H3,(H,14,15). The van der Waals surface area contributed by atoms with E-state index in [1.54, 1.807) is 38.1 Å². The quantitative estimate of drug-likeness (QED) is 0.809. The summed E-state index contributed by atoms with van der Waals surface area (Å²) in [5, 5.41) is 9.58. The Morgan fingerprint density at radius 1 is 1.41 bits per heavy atom. The fourth-order valence-electron chi connectivity index (χ4n) is 1.05. The van der Waals surface area contributed by atoms with Crippen LogP contribution in [-0.4, -0.2) is 28.2 Å².